The van der Waals surface area contributed by atoms with Gasteiger partial charge >= 0.3 is 0 Å². The first kappa shape index (κ1) is 48.3. The van der Waals surface area contributed by atoms with Crippen molar-refractivity contribution in [3.05, 3.63) is 189 Å². The molecule has 20 heteroatoms. The van der Waals surface area contributed by atoms with Gasteiger partial charge < -0.3 is 18.1 Å². The molecule has 0 saturated carbocycles. The van der Waals surface area contributed by atoms with Crippen molar-refractivity contribution in [2.24, 2.45) is 0 Å². The molecule has 0 bridgehead atoms. The van der Waals surface area contributed by atoms with Gasteiger partial charge in [0.25, 0.3) is 0 Å². The largest absolute Gasteiger partial charge is 0.440 e. The van der Waals surface area contributed by atoms with Crippen molar-refractivity contribution in [1.82, 2.24) is 19.3 Å². The second-order valence-corrected chi connectivity index (χ2v) is 22.0. The third-order valence-electron chi connectivity index (χ3n) is 11.1. The van der Waals surface area contributed by atoms with Gasteiger partial charge in [0, 0.05) is 51.9 Å². The number of halogens is 6. The van der Waals surface area contributed by atoms with E-state index in [1.807, 2.05) is 36.4 Å². The zero-order valence-corrected chi connectivity index (χ0v) is 40.9. The average Bonchev–Trinajstić information content (AvgIpc) is 4.08. The molecule has 0 radical (unpaired) electrons. The third kappa shape index (κ3) is 10.4. The van der Waals surface area contributed by atoms with Crippen LogP contribution < -0.4 is 0 Å². The Hall–Kier alpha value is -6.74. The molecule has 70 heavy (non-hydrogen) atoms. The molecule has 0 aliphatic rings. The normalized spacial score (nSPS) is 12.0. The lowest BCUT2D eigenvalue weighted by Crippen LogP contribution is -2.18. The Morgan fingerprint density at radius 2 is 1.09 bits per heavy atom. The van der Waals surface area contributed by atoms with E-state index in [0.29, 0.717) is 39.9 Å². The lowest BCUT2D eigenvalue weighted by molar-refractivity contribution is -0.117. The number of hydrogen-bond donors (Lipinski definition) is 0. The van der Waals surface area contributed by atoms with E-state index in [9.17, 15) is 44.0 Å². The van der Waals surface area contributed by atoms with E-state index in [0.717, 1.165) is 32.2 Å². The maximum Gasteiger partial charge on any atom is 0.202 e. The summed E-state index contributed by atoms with van der Waals surface area (Å²) in [6, 6.07) is 31.8. The van der Waals surface area contributed by atoms with E-state index >= 15 is 0 Å². The highest BCUT2D eigenvalue weighted by Gasteiger charge is 2.30. The second-order valence-electron chi connectivity index (χ2n) is 16.2. The van der Waals surface area contributed by atoms with Crippen LogP contribution in [-0.4, -0.2) is 59.2 Å². The van der Waals surface area contributed by atoms with E-state index in [1.54, 1.807) is 60.7 Å². The van der Waals surface area contributed by atoms with Gasteiger partial charge in [-0.25, -0.2) is 39.4 Å². The summed E-state index contributed by atoms with van der Waals surface area (Å²) in [6.45, 7) is 0.346. The Balaban J connectivity index is 0.000000174. The number of carbonyl (C=O) groups excluding carboxylic acids is 2. The highest BCUT2D eigenvalue weighted by Crippen LogP contribution is 2.33. The number of para-hydroxylation sites is 3. The van der Waals surface area contributed by atoms with Crippen molar-refractivity contribution in [3.63, 3.8) is 0 Å². The van der Waals surface area contributed by atoms with Crippen LogP contribution in [0.1, 0.15) is 22.7 Å². The van der Waals surface area contributed by atoms with Gasteiger partial charge in [-0.05, 0) is 71.8 Å². The highest BCUT2D eigenvalue weighted by atomic mass is 79.9. The summed E-state index contributed by atoms with van der Waals surface area (Å²) in [4.78, 5) is 28.8. The fourth-order valence-corrected chi connectivity index (χ4v) is 12.0. The van der Waals surface area contributed by atoms with Gasteiger partial charge in [0.1, 0.15) is 40.3 Å². The average molecular weight is 1120 g/mol. The van der Waals surface area contributed by atoms with Crippen LogP contribution >= 0.6 is 31.9 Å². The molecule has 0 fully saturated rings. The summed E-state index contributed by atoms with van der Waals surface area (Å²) in [5.41, 5.74) is 3.58. The molecule has 6 aromatic carbocycles. The summed E-state index contributed by atoms with van der Waals surface area (Å²) >= 11 is 6.75. The van der Waals surface area contributed by atoms with E-state index in [1.165, 1.54) is 21.5 Å². The number of fused-ring (bicyclic) bond motifs is 4. The molecule has 0 aliphatic carbocycles. The fraction of sp³-hybridized carbons (Fsp3) is 0.120. The first-order valence-electron chi connectivity index (χ1n) is 21.0. The SMILES string of the molecule is O=C(Cc1nc2ccccc2o1)CS(=O)(=O)c1cn(Cc2cccc(Br)c2)c2cc(F)cc(F)c12.O=C(Cc1noc2ccccc12)CS(=O)(=O)c1cn(Cc2cccc(Br)c2)c2cc(F)cc(F)c12. The summed E-state index contributed by atoms with van der Waals surface area (Å²) in [5.74, 6) is -6.62. The minimum Gasteiger partial charge on any atom is -0.440 e. The van der Waals surface area contributed by atoms with Crippen LogP contribution in [0, 0.1) is 23.3 Å². The smallest absolute Gasteiger partial charge is 0.202 e. The minimum atomic E-state index is -4.26. The van der Waals surface area contributed by atoms with Gasteiger partial charge in [0.15, 0.2) is 42.4 Å². The quantitative estimate of drug-likeness (QED) is 0.0957. The number of rotatable bonds is 14. The number of sulfone groups is 2. The lowest BCUT2D eigenvalue weighted by atomic mass is 10.1. The van der Waals surface area contributed by atoms with Gasteiger partial charge in [-0.2, -0.15) is 0 Å². The van der Waals surface area contributed by atoms with Crippen LogP contribution in [-0.2, 0) is 55.2 Å². The Morgan fingerprint density at radius 1 is 0.586 bits per heavy atom. The Morgan fingerprint density at radius 3 is 1.61 bits per heavy atom. The maximum absolute atomic E-state index is 14.8. The molecular weight excluding hydrogens is 1080 g/mol. The van der Waals surface area contributed by atoms with Crippen LogP contribution in [0.2, 0.25) is 0 Å². The van der Waals surface area contributed by atoms with Crippen LogP contribution in [0.4, 0.5) is 17.6 Å². The number of ketones is 2. The predicted octanol–water partition coefficient (Wildman–Crippen LogP) is 10.9. The van der Waals surface area contributed by atoms with Crippen molar-refractivity contribution in [2.75, 3.05) is 11.5 Å². The maximum atomic E-state index is 14.8. The Bertz CT molecular complexity index is 3880. The standard InChI is InChI=1S/2C25H17BrF2N2O4S/c26-16-5-3-4-15(8-16)12-30-13-23(25-19(28)9-17(27)10-21(25)30)35(32,33)14-18(31)11-24-29-20-6-1-2-7-22(20)34-24;26-16-5-3-4-15(8-16)12-30-13-24(25-20(28)9-17(27)10-22(25)30)35(32,33)14-18(31)11-21-19-6-1-2-7-23(19)34-29-21/h2*1-10,13H,11-12,14H2. The number of nitrogens with zero attached hydrogens (tertiary/aromatic N) is 4. The Kier molecular flexibility index (Phi) is 13.5. The zero-order valence-electron chi connectivity index (χ0n) is 36.1. The summed E-state index contributed by atoms with van der Waals surface area (Å²) in [5, 5.41) is 3.98. The third-order valence-corrected chi connectivity index (χ3v) is 15.4. The molecule has 4 heterocycles. The van der Waals surface area contributed by atoms with E-state index in [2.05, 4.69) is 42.0 Å². The second kappa shape index (κ2) is 19.6. The Labute approximate surface area is 412 Å². The molecule has 10 rings (SSSR count). The zero-order chi connectivity index (χ0) is 49.5. The molecule has 0 aliphatic heterocycles. The highest BCUT2D eigenvalue weighted by molar-refractivity contribution is 9.10. The number of hydrogen-bond acceptors (Lipinski definition) is 10. The summed E-state index contributed by atoms with van der Waals surface area (Å²) in [6.07, 6.45) is 1.91. The molecule has 0 amide bonds. The lowest BCUT2D eigenvalue weighted by Gasteiger charge is -2.06. The number of carbonyl (C=O) groups is 2. The molecule has 0 N–H and O–H groups in total. The first-order valence-corrected chi connectivity index (χ1v) is 25.9. The molecule has 4 aromatic heterocycles. The van der Waals surface area contributed by atoms with Gasteiger partial charge in [0.2, 0.25) is 5.89 Å². The van der Waals surface area contributed by atoms with Crippen molar-refractivity contribution in [2.45, 2.75) is 35.7 Å². The summed E-state index contributed by atoms with van der Waals surface area (Å²) < 4.78 is 126. The van der Waals surface area contributed by atoms with Crippen molar-refractivity contribution < 1.29 is 52.9 Å². The number of Topliss-reactive ketones (excluding diaryl/α,β-unsaturated/α-hetero) is 2. The number of oxazole rings is 1. The topological polar surface area (TPSA) is 164 Å². The van der Waals surface area contributed by atoms with Crippen LogP contribution in [0.25, 0.3) is 43.9 Å². The van der Waals surface area contributed by atoms with Gasteiger partial charge in [-0.15, -0.1) is 0 Å². The van der Waals surface area contributed by atoms with Crippen LogP contribution in [0.3, 0.4) is 0 Å². The minimum absolute atomic E-state index is 0.0763. The summed E-state index contributed by atoms with van der Waals surface area (Å²) in [7, 11) is -8.52. The van der Waals surface area contributed by atoms with Crippen molar-refractivity contribution in [3.8, 4) is 0 Å². The van der Waals surface area contributed by atoms with E-state index in [-0.39, 0.29) is 63.4 Å². The van der Waals surface area contributed by atoms with Crippen LogP contribution in [0.15, 0.2) is 161 Å². The van der Waals surface area contributed by atoms with Crippen molar-refractivity contribution >= 4 is 107 Å². The van der Waals surface area contributed by atoms with E-state index in [4.69, 9.17) is 8.94 Å². The molecule has 12 nitrogen and oxygen atoms in total. The monoisotopic (exact) mass is 1120 g/mol. The molecule has 0 spiro atoms. The molecule has 0 saturated heterocycles. The molecule has 10 aromatic rings. The first-order chi connectivity index (χ1) is 33.4. The number of benzene rings is 6. The number of aromatic nitrogens is 4. The molecule has 356 valence electrons. The van der Waals surface area contributed by atoms with Crippen molar-refractivity contribution in [1.29, 1.82) is 0 Å². The molecule has 0 unspecified atom stereocenters. The van der Waals surface area contributed by atoms with Crippen LogP contribution in [0.5, 0.6) is 0 Å². The molecular formula is C50H34Br2F4N4O8S2. The predicted molar refractivity (Wildman–Crippen MR) is 260 cm³/mol. The molecule has 0 atom stereocenters. The van der Waals surface area contributed by atoms with Gasteiger partial charge in [0.05, 0.1) is 50.1 Å². The van der Waals surface area contributed by atoms with Gasteiger partial charge in [-0.3, -0.25) is 9.59 Å². The fourth-order valence-electron chi connectivity index (χ4n) is 8.11. The van der Waals surface area contributed by atoms with E-state index < -0.39 is 66.0 Å². The van der Waals surface area contributed by atoms with Gasteiger partial charge in [-0.1, -0.05) is 85.5 Å².